The minimum Gasteiger partial charge on any atom is -0.368 e. The number of aryl methyl sites for hydroxylation is 1. The molecule has 8 nitrogen and oxygen atoms in total. The van der Waals surface area contributed by atoms with Crippen LogP contribution in [-0.4, -0.2) is 63.4 Å². The van der Waals surface area contributed by atoms with E-state index in [4.69, 9.17) is 0 Å². The van der Waals surface area contributed by atoms with E-state index in [1.165, 1.54) is 17.4 Å². The summed E-state index contributed by atoms with van der Waals surface area (Å²) in [6.45, 7) is 13.4. The van der Waals surface area contributed by atoms with Gasteiger partial charge in [-0.1, -0.05) is 67.6 Å². The molecule has 0 spiro atoms. The van der Waals surface area contributed by atoms with Crippen molar-refractivity contribution in [1.82, 2.24) is 25.0 Å². The van der Waals surface area contributed by atoms with Crippen molar-refractivity contribution < 1.29 is 9.59 Å². The van der Waals surface area contributed by atoms with Crippen LogP contribution in [0.25, 0.3) is 0 Å². The highest BCUT2D eigenvalue weighted by Gasteiger charge is 2.27. The van der Waals surface area contributed by atoms with Gasteiger partial charge in [0.2, 0.25) is 5.91 Å². The third-order valence-corrected chi connectivity index (χ3v) is 7.60. The normalized spacial score (nSPS) is 14.4. The number of amides is 2. The predicted octanol–water partition coefficient (Wildman–Crippen LogP) is 4.34. The third-order valence-electron chi connectivity index (χ3n) is 6.65. The summed E-state index contributed by atoms with van der Waals surface area (Å²) in [5, 5.41) is 12.6. The van der Waals surface area contributed by atoms with E-state index in [-0.39, 0.29) is 29.5 Å². The van der Waals surface area contributed by atoms with Gasteiger partial charge in [-0.3, -0.25) is 9.59 Å². The number of rotatable bonds is 10. The summed E-state index contributed by atoms with van der Waals surface area (Å²) in [7, 11) is 0. The zero-order chi connectivity index (χ0) is 27.1. The lowest BCUT2D eigenvalue weighted by molar-refractivity contribution is -0.128. The molecule has 2 aromatic carbocycles. The van der Waals surface area contributed by atoms with Crippen LogP contribution in [0.3, 0.4) is 0 Å². The molecule has 2 amide bonds. The summed E-state index contributed by atoms with van der Waals surface area (Å²) >= 11 is 1.38. The van der Waals surface area contributed by atoms with Crippen molar-refractivity contribution in [2.45, 2.75) is 38.5 Å². The Kier molecular flexibility index (Phi) is 9.23. The number of carbonyl (C=O) groups is 2. The van der Waals surface area contributed by atoms with Crippen LogP contribution in [0.4, 0.5) is 5.69 Å². The third kappa shape index (κ3) is 6.64. The second-order valence-electron chi connectivity index (χ2n) is 9.80. The van der Waals surface area contributed by atoms with Crippen LogP contribution < -0.4 is 10.2 Å². The second kappa shape index (κ2) is 12.8. The van der Waals surface area contributed by atoms with Crippen LogP contribution in [-0.2, 0) is 11.3 Å². The molecule has 0 saturated carbocycles. The van der Waals surface area contributed by atoms with Crippen molar-refractivity contribution in [1.29, 1.82) is 0 Å². The van der Waals surface area contributed by atoms with Crippen molar-refractivity contribution >= 4 is 29.3 Å². The highest BCUT2D eigenvalue weighted by atomic mass is 32.2. The van der Waals surface area contributed by atoms with E-state index < -0.39 is 0 Å². The van der Waals surface area contributed by atoms with Crippen LogP contribution >= 0.6 is 11.8 Å². The minimum absolute atomic E-state index is 0.0805. The quantitative estimate of drug-likeness (QED) is 0.309. The molecule has 1 N–H and O–H groups in total. The van der Waals surface area contributed by atoms with E-state index in [0.717, 1.165) is 18.7 Å². The van der Waals surface area contributed by atoms with Crippen LogP contribution in [0.5, 0.6) is 0 Å². The number of benzene rings is 2. The number of allylic oxidation sites excluding steroid dienone is 1. The summed E-state index contributed by atoms with van der Waals surface area (Å²) in [5.74, 6) is 0.956. The zero-order valence-corrected chi connectivity index (χ0v) is 23.2. The fourth-order valence-corrected chi connectivity index (χ4v) is 5.41. The Morgan fingerprint density at radius 3 is 2.45 bits per heavy atom. The SMILES string of the molecule is C=CCn1c(SCC(=O)N2CCN(c3ccccc3)CC2)nnc1[C@H](NC(=O)c1cccc(C)c1)C(C)C. The van der Waals surface area contributed by atoms with Crippen LogP contribution in [0.2, 0.25) is 0 Å². The standard InChI is InChI=1S/C29H36N6O2S/c1-5-14-35-27(26(21(2)3)30-28(37)23-11-9-10-22(4)19-23)31-32-29(35)38-20-25(36)34-17-15-33(16-18-34)24-12-7-6-8-13-24/h5-13,19,21,26H,1,14-18,20H2,2-4H3,(H,30,37)/t26-/m1/s1. The van der Waals surface area contributed by atoms with Gasteiger partial charge in [-0.15, -0.1) is 16.8 Å². The van der Waals surface area contributed by atoms with Gasteiger partial charge in [-0.2, -0.15) is 0 Å². The number of aromatic nitrogens is 3. The van der Waals surface area contributed by atoms with Gasteiger partial charge in [0, 0.05) is 44.0 Å². The van der Waals surface area contributed by atoms with E-state index in [9.17, 15) is 9.59 Å². The Labute approximate surface area is 229 Å². The van der Waals surface area contributed by atoms with Crippen LogP contribution in [0.15, 0.2) is 72.4 Å². The highest BCUT2D eigenvalue weighted by Crippen LogP contribution is 2.26. The number of nitrogens with one attached hydrogen (secondary N) is 1. The average Bonchev–Trinajstić information content (AvgIpc) is 3.32. The number of para-hydroxylation sites is 1. The van der Waals surface area contributed by atoms with E-state index in [2.05, 4.69) is 39.1 Å². The molecule has 3 aromatic rings. The molecule has 0 radical (unpaired) electrons. The maximum Gasteiger partial charge on any atom is 0.251 e. The fourth-order valence-electron chi connectivity index (χ4n) is 4.55. The molecule has 1 aliphatic rings. The van der Waals surface area contributed by atoms with E-state index in [1.807, 2.05) is 66.6 Å². The Morgan fingerprint density at radius 1 is 1.05 bits per heavy atom. The van der Waals surface area contributed by atoms with Gasteiger partial charge in [-0.05, 0) is 37.1 Å². The smallest absolute Gasteiger partial charge is 0.251 e. The number of hydrogen-bond acceptors (Lipinski definition) is 6. The lowest BCUT2D eigenvalue weighted by Gasteiger charge is -2.36. The van der Waals surface area contributed by atoms with Crippen molar-refractivity contribution in [3.05, 3.63) is 84.2 Å². The first kappa shape index (κ1) is 27.4. The fraction of sp³-hybridized carbons (Fsp3) is 0.379. The molecule has 0 unspecified atom stereocenters. The molecule has 1 fully saturated rings. The molecule has 200 valence electrons. The number of piperazine rings is 1. The summed E-state index contributed by atoms with van der Waals surface area (Å²) in [4.78, 5) is 30.3. The highest BCUT2D eigenvalue weighted by molar-refractivity contribution is 7.99. The van der Waals surface area contributed by atoms with Crippen molar-refractivity contribution in [2.24, 2.45) is 5.92 Å². The maximum atomic E-state index is 13.0. The molecule has 1 atom stereocenters. The summed E-state index contributed by atoms with van der Waals surface area (Å²) in [5.41, 5.74) is 2.82. The lowest BCUT2D eigenvalue weighted by Crippen LogP contribution is -2.49. The first-order chi connectivity index (χ1) is 18.4. The lowest BCUT2D eigenvalue weighted by atomic mass is 10.0. The van der Waals surface area contributed by atoms with Gasteiger partial charge in [-0.25, -0.2) is 0 Å². The Morgan fingerprint density at radius 2 is 1.79 bits per heavy atom. The number of anilines is 1. The van der Waals surface area contributed by atoms with Gasteiger partial charge >= 0.3 is 0 Å². The molecule has 1 aliphatic heterocycles. The van der Waals surface area contributed by atoms with E-state index in [1.54, 1.807) is 12.1 Å². The Balaban J connectivity index is 1.41. The van der Waals surface area contributed by atoms with Gasteiger partial charge in [0.1, 0.15) is 0 Å². The maximum absolute atomic E-state index is 13.0. The van der Waals surface area contributed by atoms with Crippen molar-refractivity contribution in [2.75, 3.05) is 36.8 Å². The second-order valence-corrected chi connectivity index (χ2v) is 10.7. The molecule has 1 saturated heterocycles. The minimum atomic E-state index is -0.341. The van der Waals surface area contributed by atoms with Crippen LogP contribution in [0, 0.1) is 12.8 Å². The van der Waals surface area contributed by atoms with Gasteiger partial charge in [0.25, 0.3) is 5.91 Å². The zero-order valence-electron chi connectivity index (χ0n) is 22.3. The summed E-state index contributed by atoms with van der Waals surface area (Å²) in [6.07, 6.45) is 1.78. The van der Waals surface area contributed by atoms with Crippen molar-refractivity contribution in [3.8, 4) is 0 Å². The van der Waals surface area contributed by atoms with Crippen molar-refractivity contribution in [3.63, 3.8) is 0 Å². The van der Waals surface area contributed by atoms with E-state index >= 15 is 0 Å². The molecule has 1 aromatic heterocycles. The molecule has 0 bridgehead atoms. The summed E-state index contributed by atoms with van der Waals surface area (Å²) in [6, 6.07) is 17.5. The average molecular weight is 533 g/mol. The number of nitrogens with zero attached hydrogens (tertiary/aromatic N) is 5. The first-order valence-electron chi connectivity index (χ1n) is 13.0. The first-order valence-corrected chi connectivity index (χ1v) is 14.0. The molecule has 38 heavy (non-hydrogen) atoms. The monoisotopic (exact) mass is 532 g/mol. The topological polar surface area (TPSA) is 83.4 Å². The molecule has 0 aliphatic carbocycles. The Hall–Kier alpha value is -3.59. The largest absolute Gasteiger partial charge is 0.368 e. The molecule has 9 heteroatoms. The van der Waals surface area contributed by atoms with Crippen LogP contribution in [0.1, 0.15) is 41.6 Å². The number of carbonyl (C=O) groups excluding carboxylic acids is 2. The molecule has 4 rings (SSSR count). The van der Waals surface area contributed by atoms with Gasteiger partial charge in [0.15, 0.2) is 11.0 Å². The van der Waals surface area contributed by atoms with Gasteiger partial charge in [0.05, 0.1) is 11.8 Å². The van der Waals surface area contributed by atoms with E-state index in [0.29, 0.717) is 36.2 Å². The number of hydrogen-bond donors (Lipinski definition) is 1. The Bertz CT molecular complexity index is 1250. The number of thioether (sulfide) groups is 1. The molecular weight excluding hydrogens is 496 g/mol. The van der Waals surface area contributed by atoms with Gasteiger partial charge < -0.3 is 19.7 Å². The predicted molar refractivity (Wildman–Crippen MR) is 152 cm³/mol. The molecule has 2 heterocycles. The molecular formula is C29H36N6O2S. The summed E-state index contributed by atoms with van der Waals surface area (Å²) < 4.78 is 1.94.